The molecule has 0 spiro atoms. The average Bonchev–Trinajstić information content (AvgIpc) is 2.53. The van der Waals surface area contributed by atoms with Crippen LogP contribution in [-0.4, -0.2) is 25.0 Å². The van der Waals surface area contributed by atoms with E-state index in [1.165, 1.54) is 10.5 Å². The molecule has 0 saturated heterocycles. The van der Waals surface area contributed by atoms with Crippen LogP contribution < -0.4 is 10.1 Å². The summed E-state index contributed by atoms with van der Waals surface area (Å²) in [5, 5.41) is 13.3. The molecule has 2 aromatic rings. The van der Waals surface area contributed by atoms with Crippen molar-refractivity contribution in [2.24, 2.45) is 0 Å². The first-order valence-corrected chi connectivity index (χ1v) is 8.15. The van der Waals surface area contributed by atoms with Gasteiger partial charge in [0.25, 0.3) is 0 Å². The number of aromatic hydroxyl groups is 1. The largest absolute Gasteiger partial charge is 0.508 e. The monoisotopic (exact) mass is 303 g/mol. The van der Waals surface area contributed by atoms with Gasteiger partial charge in [-0.15, -0.1) is 11.8 Å². The summed E-state index contributed by atoms with van der Waals surface area (Å²) in [6, 6.07) is 13.8. The maximum absolute atomic E-state index is 9.91. The molecule has 2 rings (SSSR count). The molecular weight excluding hydrogens is 282 g/mol. The van der Waals surface area contributed by atoms with Crippen LogP contribution in [0.5, 0.6) is 11.5 Å². The molecule has 0 aliphatic rings. The highest BCUT2D eigenvalue weighted by Gasteiger charge is 2.04. The second-order valence-electron chi connectivity index (χ2n) is 4.73. The fourth-order valence-corrected chi connectivity index (χ4v) is 2.79. The van der Waals surface area contributed by atoms with Crippen molar-refractivity contribution in [2.75, 3.05) is 19.9 Å². The molecule has 4 heteroatoms. The molecule has 2 N–H and O–H groups in total. The summed E-state index contributed by atoms with van der Waals surface area (Å²) in [5.41, 5.74) is 2.24. The third-order valence-corrected chi connectivity index (χ3v) is 4.21. The molecule has 0 heterocycles. The van der Waals surface area contributed by atoms with Crippen LogP contribution in [0.3, 0.4) is 0 Å². The maximum Gasteiger partial charge on any atom is 0.122 e. The van der Waals surface area contributed by atoms with Crippen molar-refractivity contribution in [3.63, 3.8) is 0 Å². The third kappa shape index (κ3) is 4.41. The van der Waals surface area contributed by atoms with E-state index in [2.05, 4.69) is 35.8 Å². The first kappa shape index (κ1) is 15.7. The van der Waals surface area contributed by atoms with Crippen LogP contribution in [0.1, 0.15) is 11.1 Å². The molecule has 3 nitrogen and oxygen atoms in total. The van der Waals surface area contributed by atoms with Crippen LogP contribution in [0.2, 0.25) is 0 Å². The van der Waals surface area contributed by atoms with Crippen molar-refractivity contribution in [3.8, 4) is 11.5 Å². The van der Waals surface area contributed by atoms with Gasteiger partial charge in [0, 0.05) is 17.5 Å². The van der Waals surface area contributed by atoms with Gasteiger partial charge in [-0.05, 0) is 42.5 Å². The lowest BCUT2D eigenvalue weighted by molar-refractivity contribution is 0.406. The van der Waals surface area contributed by atoms with E-state index in [0.29, 0.717) is 11.5 Å². The van der Waals surface area contributed by atoms with Gasteiger partial charge in [0.15, 0.2) is 0 Å². The molecule has 2 aromatic carbocycles. The molecular formula is C17H21NO2S. The fraction of sp³-hybridized carbons (Fsp3) is 0.294. The molecule has 0 atom stereocenters. The second-order valence-corrected chi connectivity index (χ2v) is 5.58. The van der Waals surface area contributed by atoms with E-state index in [1.807, 2.05) is 12.1 Å². The Balaban J connectivity index is 1.85. The molecule has 112 valence electrons. The normalized spacial score (nSPS) is 10.6. The van der Waals surface area contributed by atoms with Crippen molar-refractivity contribution in [2.45, 2.75) is 17.9 Å². The maximum atomic E-state index is 9.91. The Labute approximate surface area is 130 Å². The lowest BCUT2D eigenvalue weighted by Crippen LogP contribution is -2.17. The minimum absolute atomic E-state index is 0.292. The van der Waals surface area contributed by atoms with Crippen LogP contribution >= 0.6 is 11.8 Å². The fourth-order valence-electron chi connectivity index (χ4n) is 2.18. The number of methoxy groups -OCH3 is 1. The number of hydrogen-bond donors (Lipinski definition) is 2. The van der Waals surface area contributed by atoms with E-state index in [0.717, 1.165) is 25.1 Å². The Morgan fingerprint density at radius 2 is 1.95 bits per heavy atom. The van der Waals surface area contributed by atoms with Crippen molar-refractivity contribution in [3.05, 3.63) is 53.6 Å². The molecule has 0 amide bonds. The van der Waals surface area contributed by atoms with E-state index in [4.69, 9.17) is 4.74 Å². The van der Waals surface area contributed by atoms with Crippen molar-refractivity contribution in [1.82, 2.24) is 5.32 Å². The molecule has 21 heavy (non-hydrogen) atoms. The molecule has 0 aromatic heterocycles. The molecule has 0 fully saturated rings. The molecule has 0 aliphatic heterocycles. The van der Waals surface area contributed by atoms with Gasteiger partial charge < -0.3 is 15.2 Å². The van der Waals surface area contributed by atoms with Crippen molar-refractivity contribution >= 4 is 11.8 Å². The average molecular weight is 303 g/mol. The summed E-state index contributed by atoms with van der Waals surface area (Å²) in [6.07, 6.45) is 2.88. The zero-order chi connectivity index (χ0) is 15.1. The molecule has 0 unspecified atom stereocenters. The number of hydrogen-bond acceptors (Lipinski definition) is 4. The summed E-state index contributed by atoms with van der Waals surface area (Å²) < 4.78 is 5.08. The molecule has 0 saturated carbocycles. The van der Waals surface area contributed by atoms with Crippen LogP contribution in [0, 0.1) is 0 Å². The predicted molar refractivity (Wildman–Crippen MR) is 88.3 cm³/mol. The lowest BCUT2D eigenvalue weighted by atomic mass is 10.1. The SMILES string of the molecule is COc1ccc(CCNCc2ccccc2SC)c(O)c1. The summed E-state index contributed by atoms with van der Waals surface area (Å²) in [6.45, 7) is 1.66. The molecule has 0 bridgehead atoms. The number of benzene rings is 2. The predicted octanol–water partition coefficient (Wildman–Crippen LogP) is 3.46. The van der Waals surface area contributed by atoms with Gasteiger partial charge in [0.1, 0.15) is 11.5 Å². The number of phenolic OH excluding ortho intramolecular Hbond substituents is 1. The first-order valence-electron chi connectivity index (χ1n) is 6.93. The van der Waals surface area contributed by atoms with Crippen molar-refractivity contribution in [1.29, 1.82) is 0 Å². The first-order chi connectivity index (χ1) is 10.2. The number of nitrogens with one attached hydrogen (secondary N) is 1. The van der Waals surface area contributed by atoms with Crippen LogP contribution in [0.4, 0.5) is 0 Å². The Bertz CT molecular complexity index is 587. The summed E-state index contributed by atoms with van der Waals surface area (Å²) in [5.74, 6) is 0.971. The smallest absolute Gasteiger partial charge is 0.122 e. The van der Waals surface area contributed by atoms with Gasteiger partial charge in [-0.2, -0.15) is 0 Å². The standard InChI is InChI=1S/C17H21NO2S/c1-20-15-8-7-13(16(19)11-15)9-10-18-12-14-5-3-4-6-17(14)21-2/h3-8,11,18-19H,9-10,12H2,1-2H3. The second kappa shape index (κ2) is 7.96. The Morgan fingerprint density at radius 3 is 2.67 bits per heavy atom. The van der Waals surface area contributed by atoms with Gasteiger partial charge >= 0.3 is 0 Å². The van der Waals surface area contributed by atoms with E-state index in [-0.39, 0.29) is 0 Å². The highest BCUT2D eigenvalue weighted by Crippen LogP contribution is 2.23. The number of ether oxygens (including phenoxy) is 1. The van der Waals surface area contributed by atoms with Gasteiger partial charge in [-0.1, -0.05) is 24.3 Å². The third-order valence-electron chi connectivity index (χ3n) is 3.37. The number of thioether (sulfide) groups is 1. The number of rotatable bonds is 7. The van der Waals surface area contributed by atoms with Crippen LogP contribution in [-0.2, 0) is 13.0 Å². The minimum atomic E-state index is 0.292. The Hall–Kier alpha value is -1.65. The lowest BCUT2D eigenvalue weighted by Gasteiger charge is -2.10. The minimum Gasteiger partial charge on any atom is -0.508 e. The van der Waals surface area contributed by atoms with E-state index in [1.54, 1.807) is 24.9 Å². The summed E-state index contributed by atoms with van der Waals surface area (Å²) in [4.78, 5) is 1.30. The summed E-state index contributed by atoms with van der Waals surface area (Å²) in [7, 11) is 1.60. The quantitative estimate of drug-likeness (QED) is 0.607. The van der Waals surface area contributed by atoms with Crippen LogP contribution in [0.25, 0.3) is 0 Å². The summed E-state index contributed by atoms with van der Waals surface area (Å²) >= 11 is 1.76. The van der Waals surface area contributed by atoms with Crippen molar-refractivity contribution < 1.29 is 9.84 Å². The highest BCUT2D eigenvalue weighted by molar-refractivity contribution is 7.98. The van der Waals surface area contributed by atoms with E-state index >= 15 is 0 Å². The van der Waals surface area contributed by atoms with Gasteiger partial charge in [-0.25, -0.2) is 0 Å². The molecule has 0 aliphatic carbocycles. The van der Waals surface area contributed by atoms with Gasteiger partial charge in [0.05, 0.1) is 7.11 Å². The van der Waals surface area contributed by atoms with Crippen LogP contribution in [0.15, 0.2) is 47.4 Å². The van der Waals surface area contributed by atoms with E-state index < -0.39 is 0 Å². The molecule has 0 radical (unpaired) electrons. The topological polar surface area (TPSA) is 41.5 Å². The number of phenols is 1. The Morgan fingerprint density at radius 1 is 1.14 bits per heavy atom. The van der Waals surface area contributed by atoms with Gasteiger partial charge in [-0.3, -0.25) is 0 Å². The van der Waals surface area contributed by atoms with E-state index in [9.17, 15) is 5.11 Å². The zero-order valence-corrected chi connectivity index (χ0v) is 13.2. The highest BCUT2D eigenvalue weighted by atomic mass is 32.2. The Kier molecular flexibility index (Phi) is 5.96. The zero-order valence-electron chi connectivity index (χ0n) is 12.4. The van der Waals surface area contributed by atoms with Gasteiger partial charge in [0.2, 0.25) is 0 Å².